The Hall–Kier alpha value is -3.56. The van der Waals surface area contributed by atoms with Gasteiger partial charge in [0.2, 0.25) is 11.8 Å². The van der Waals surface area contributed by atoms with E-state index in [1.165, 1.54) is 17.0 Å². The number of carbonyl (C=O) groups excluding carboxylic acids is 2. The van der Waals surface area contributed by atoms with Gasteiger partial charge in [0.25, 0.3) is 10.0 Å². The number of hydrogen-bond donors (Lipinski definition) is 1. The van der Waals surface area contributed by atoms with E-state index < -0.39 is 28.5 Å². The zero-order chi connectivity index (χ0) is 28.4. The van der Waals surface area contributed by atoms with E-state index in [1.54, 1.807) is 73.7 Å². The molecule has 8 nitrogen and oxygen atoms in total. The normalized spacial score (nSPS) is 11.9. The summed E-state index contributed by atoms with van der Waals surface area (Å²) in [4.78, 5) is 28.1. The van der Waals surface area contributed by atoms with Gasteiger partial charge in [-0.15, -0.1) is 0 Å². The maximum absolute atomic E-state index is 13.9. The fourth-order valence-electron chi connectivity index (χ4n) is 3.91. The number of benzene rings is 3. The number of nitrogens with one attached hydrogen (secondary N) is 1. The molecule has 2 amide bonds. The lowest BCUT2D eigenvalue weighted by atomic mass is 10.1. The van der Waals surface area contributed by atoms with Crippen molar-refractivity contribution in [1.82, 2.24) is 10.2 Å². The van der Waals surface area contributed by atoms with Crippen LogP contribution in [0.2, 0.25) is 5.02 Å². The summed E-state index contributed by atoms with van der Waals surface area (Å²) in [6, 6.07) is 20.6. The van der Waals surface area contributed by atoms with Crippen LogP contribution < -0.4 is 14.4 Å². The number of sulfonamides is 1. The second-order valence-electron chi connectivity index (χ2n) is 8.83. The highest BCUT2D eigenvalue weighted by Crippen LogP contribution is 2.26. The van der Waals surface area contributed by atoms with Crippen molar-refractivity contribution in [3.8, 4) is 5.75 Å². The SMILES string of the molecule is CCCNC(=O)C(C)N(Cc1ccccc1Cl)C(=O)CN(c1ccccc1)S(=O)(=O)c1ccc(OCC)cc1. The second kappa shape index (κ2) is 14.0. The molecule has 0 aliphatic heterocycles. The Labute approximate surface area is 235 Å². The summed E-state index contributed by atoms with van der Waals surface area (Å²) in [5.74, 6) is -0.345. The zero-order valence-electron chi connectivity index (χ0n) is 22.3. The minimum absolute atomic E-state index is 0.00833. The number of ether oxygens (including phenoxy) is 1. The van der Waals surface area contributed by atoms with Crippen LogP contribution in [-0.2, 0) is 26.2 Å². The van der Waals surface area contributed by atoms with E-state index in [-0.39, 0.29) is 17.3 Å². The quantitative estimate of drug-likeness (QED) is 0.315. The number of nitrogens with zero attached hydrogens (tertiary/aromatic N) is 2. The van der Waals surface area contributed by atoms with Crippen LogP contribution >= 0.6 is 11.6 Å². The summed E-state index contributed by atoms with van der Waals surface area (Å²) in [5.41, 5.74) is 0.962. The molecular formula is C29H34ClN3O5S. The van der Waals surface area contributed by atoms with Gasteiger partial charge in [0.05, 0.1) is 17.2 Å². The number of halogens is 1. The Morgan fingerprint density at radius 1 is 0.949 bits per heavy atom. The molecule has 0 fully saturated rings. The largest absolute Gasteiger partial charge is 0.494 e. The summed E-state index contributed by atoms with van der Waals surface area (Å²) < 4.78 is 34.2. The van der Waals surface area contributed by atoms with E-state index in [9.17, 15) is 18.0 Å². The molecule has 3 rings (SSSR count). The Bertz CT molecular complexity index is 1350. The van der Waals surface area contributed by atoms with Gasteiger partial charge in [-0.3, -0.25) is 13.9 Å². The van der Waals surface area contributed by atoms with Crippen molar-refractivity contribution in [3.05, 3.63) is 89.4 Å². The van der Waals surface area contributed by atoms with Crippen LogP contribution in [0.3, 0.4) is 0 Å². The van der Waals surface area contributed by atoms with Crippen molar-refractivity contribution in [2.45, 2.75) is 44.7 Å². The van der Waals surface area contributed by atoms with Crippen LogP contribution in [0.25, 0.3) is 0 Å². The molecule has 0 aromatic heterocycles. The van der Waals surface area contributed by atoms with E-state index in [4.69, 9.17) is 16.3 Å². The lowest BCUT2D eigenvalue weighted by molar-refractivity contribution is -0.139. The highest BCUT2D eigenvalue weighted by molar-refractivity contribution is 7.92. The minimum Gasteiger partial charge on any atom is -0.494 e. The summed E-state index contributed by atoms with van der Waals surface area (Å²) in [6.07, 6.45) is 0.735. The van der Waals surface area contributed by atoms with E-state index in [2.05, 4.69) is 5.32 Å². The van der Waals surface area contributed by atoms with Crippen molar-refractivity contribution >= 4 is 39.1 Å². The molecule has 39 heavy (non-hydrogen) atoms. The molecule has 10 heteroatoms. The van der Waals surface area contributed by atoms with Crippen LogP contribution in [0, 0.1) is 0 Å². The third-order valence-electron chi connectivity index (χ3n) is 6.06. The predicted octanol–water partition coefficient (Wildman–Crippen LogP) is 4.88. The topological polar surface area (TPSA) is 96.0 Å². The smallest absolute Gasteiger partial charge is 0.264 e. The Morgan fingerprint density at radius 3 is 2.21 bits per heavy atom. The lowest BCUT2D eigenvalue weighted by Crippen LogP contribution is -2.51. The molecule has 0 heterocycles. The van der Waals surface area contributed by atoms with Gasteiger partial charge in [-0.2, -0.15) is 0 Å². The molecule has 0 spiro atoms. The molecule has 3 aromatic carbocycles. The lowest BCUT2D eigenvalue weighted by Gasteiger charge is -2.32. The number of rotatable bonds is 13. The molecule has 0 saturated heterocycles. The van der Waals surface area contributed by atoms with Crippen molar-refractivity contribution in [2.75, 3.05) is 24.0 Å². The van der Waals surface area contributed by atoms with E-state index in [0.717, 1.165) is 10.7 Å². The zero-order valence-corrected chi connectivity index (χ0v) is 23.9. The number of anilines is 1. The van der Waals surface area contributed by atoms with Gasteiger partial charge in [-0.25, -0.2) is 8.42 Å². The number of amides is 2. The van der Waals surface area contributed by atoms with Crippen LogP contribution in [0.4, 0.5) is 5.69 Å². The Kier molecular flexibility index (Phi) is 10.8. The maximum Gasteiger partial charge on any atom is 0.264 e. The van der Waals surface area contributed by atoms with Gasteiger partial charge in [-0.1, -0.05) is 54.9 Å². The number of hydrogen-bond acceptors (Lipinski definition) is 5. The molecule has 1 N–H and O–H groups in total. The van der Waals surface area contributed by atoms with Crippen LogP contribution in [-0.4, -0.2) is 50.9 Å². The van der Waals surface area contributed by atoms with E-state index >= 15 is 0 Å². The molecule has 0 bridgehead atoms. The van der Waals surface area contributed by atoms with E-state index in [0.29, 0.717) is 35.2 Å². The van der Waals surface area contributed by atoms with Gasteiger partial charge in [0.1, 0.15) is 18.3 Å². The highest BCUT2D eigenvalue weighted by Gasteiger charge is 2.32. The Morgan fingerprint density at radius 2 is 1.59 bits per heavy atom. The first-order valence-corrected chi connectivity index (χ1v) is 14.6. The summed E-state index contributed by atoms with van der Waals surface area (Å²) >= 11 is 6.38. The standard InChI is InChI=1S/C29H34ClN3O5S/c1-4-19-31-29(35)22(3)32(20-23-11-9-10-14-27(23)30)28(34)21-33(24-12-7-6-8-13-24)39(36,37)26-17-15-25(16-18-26)38-5-2/h6-18,22H,4-5,19-21H2,1-3H3,(H,31,35). The molecule has 208 valence electrons. The molecular weight excluding hydrogens is 538 g/mol. The maximum atomic E-state index is 13.9. The third-order valence-corrected chi connectivity index (χ3v) is 8.22. The Balaban J connectivity index is 1.99. The van der Waals surface area contributed by atoms with Crippen molar-refractivity contribution in [1.29, 1.82) is 0 Å². The fourth-order valence-corrected chi connectivity index (χ4v) is 5.52. The number of carbonyl (C=O) groups is 2. The van der Waals surface area contributed by atoms with Crippen molar-refractivity contribution < 1.29 is 22.7 Å². The average molecular weight is 572 g/mol. The first-order valence-electron chi connectivity index (χ1n) is 12.8. The van der Waals surface area contributed by atoms with Gasteiger partial charge in [0.15, 0.2) is 0 Å². The van der Waals surface area contributed by atoms with Crippen molar-refractivity contribution in [2.24, 2.45) is 0 Å². The molecule has 0 radical (unpaired) electrons. The van der Waals surface area contributed by atoms with Gasteiger partial charge in [-0.05, 0) is 68.3 Å². The van der Waals surface area contributed by atoms with Crippen LogP contribution in [0.5, 0.6) is 5.75 Å². The number of para-hydroxylation sites is 1. The third kappa shape index (κ3) is 7.74. The van der Waals surface area contributed by atoms with E-state index in [1.807, 2.05) is 13.8 Å². The summed E-state index contributed by atoms with van der Waals surface area (Å²) in [7, 11) is -4.15. The average Bonchev–Trinajstić information content (AvgIpc) is 2.94. The van der Waals surface area contributed by atoms with Gasteiger partial charge < -0.3 is 15.0 Å². The predicted molar refractivity (Wildman–Crippen MR) is 153 cm³/mol. The first kappa shape index (κ1) is 30.0. The molecule has 0 aliphatic carbocycles. The summed E-state index contributed by atoms with van der Waals surface area (Å²) in [6.45, 7) is 5.81. The van der Waals surface area contributed by atoms with Crippen LogP contribution in [0.1, 0.15) is 32.8 Å². The minimum atomic E-state index is -4.15. The van der Waals surface area contributed by atoms with Crippen LogP contribution in [0.15, 0.2) is 83.8 Å². The molecule has 3 aromatic rings. The van der Waals surface area contributed by atoms with Gasteiger partial charge in [0, 0.05) is 18.1 Å². The van der Waals surface area contributed by atoms with Gasteiger partial charge >= 0.3 is 0 Å². The first-order chi connectivity index (χ1) is 18.7. The molecule has 1 unspecified atom stereocenters. The summed E-state index contributed by atoms with van der Waals surface area (Å²) in [5, 5.41) is 3.26. The monoisotopic (exact) mass is 571 g/mol. The molecule has 0 saturated carbocycles. The molecule has 0 aliphatic rings. The fraction of sp³-hybridized carbons (Fsp3) is 0.310. The van der Waals surface area contributed by atoms with Crippen molar-refractivity contribution in [3.63, 3.8) is 0 Å². The highest BCUT2D eigenvalue weighted by atomic mass is 35.5. The second-order valence-corrected chi connectivity index (χ2v) is 11.1. The molecule has 1 atom stereocenters.